The lowest BCUT2D eigenvalue weighted by atomic mass is 10.2. The number of aromatic nitrogens is 1. The Bertz CT molecular complexity index is 525. The number of rotatable bonds is 3. The molecule has 0 bridgehead atoms. The van der Waals surface area contributed by atoms with Crippen LogP contribution in [-0.2, 0) is 14.3 Å². The number of carbonyl (C=O) groups excluding carboxylic acids is 2. The van der Waals surface area contributed by atoms with Gasteiger partial charge in [0.25, 0.3) is 0 Å². The highest BCUT2D eigenvalue weighted by atomic mass is 16.6. The highest BCUT2D eigenvalue weighted by molar-refractivity contribution is 5.95. The first-order chi connectivity index (χ1) is 8.20. The molecule has 5 heteroatoms. The minimum Gasteiger partial charge on any atom is -0.466 e. The molecule has 0 unspecified atom stereocenters. The van der Waals surface area contributed by atoms with Crippen LogP contribution in [0.25, 0.3) is 10.9 Å². The monoisotopic (exact) mass is 233 g/mol. The molecule has 88 valence electrons. The van der Waals surface area contributed by atoms with Gasteiger partial charge in [0.2, 0.25) is 0 Å². The molecular formula is C12H11NO4. The lowest BCUT2D eigenvalue weighted by Gasteiger charge is -2.00. The van der Waals surface area contributed by atoms with Gasteiger partial charge in [-0.1, -0.05) is 18.2 Å². The van der Waals surface area contributed by atoms with Crippen LogP contribution in [0.3, 0.4) is 0 Å². The molecule has 0 saturated heterocycles. The fraction of sp³-hybridized carbons (Fsp3) is 0.167. The first-order valence-electron chi connectivity index (χ1n) is 5.02. The van der Waals surface area contributed by atoms with Gasteiger partial charge in [-0.2, -0.15) is 0 Å². The highest BCUT2D eigenvalue weighted by Crippen LogP contribution is 2.15. The van der Waals surface area contributed by atoms with Crippen molar-refractivity contribution in [2.75, 3.05) is 13.7 Å². The maximum atomic E-state index is 11.6. The van der Waals surface area contributed by atoms with E-state index in [-0.39, 0.29) is 6.61 Å². The van der Waals surface area contributed by atoms with Crippen molar-refractivity contribution in [1.29, 1.82) is 0 Å². The van der Waals surface area contributed by atoms with Crippen LogP contribution in [0.5, 0.6) is 0 Å². The number of fused-ring (bicyclic) bond motifs is 1. The molecule has 0 saturated carbocycles. The molecular weight excluding hydrogens is 222 g/mol. The van der Waals surface area contributed by atoms with Crippen LogP contribution in [0, 0.1) is 0 Å². The number of methoxy groups -OCH3 is 1. The summed E-state index contributed by atoms with van der Waals surface area (Å²) in [6, 6.07) is 9.15. The van der Waals surface area contributed by atoms with Crippen LogP contribution in [0.1, 0.15) is 10.5 Å². The van der Waals surface area contributed by atoms with E-state index in [1.165, 1.54) is 7.11 Å². The quantitative estimate of drug-likeness (QED) is 0.815. The van der Waals surface area contributed by atoms with Gasteiger partial charge < -0.3 is 14.5 Å². The van der Waals surface area contributed by atoms with E-state index in [9.17, 15) is 9.59 Å². The van der Waals surface area contributed by atoms with Crippen molar-refractivity contribution < 1.29 is 19.1 Å². The number of para-hydroxylation sites is 1. The number of H-pyrrole nitrogens is 1. The normalized spacial score (nSPS) is 10.2. The van der Waals surface area contributed by atoms with Gasteiger partial charge in [0.1, 0.15) is 5.69 Å². The van der Waals surface area contributed by atoms with Gasteiger partial charge in [0.15, 0.2) is 6.61 Å². The van der Waals surface area contributed by atoms with Crippen LogP contribution in [0.15, 0.2) is 30.3 Å². The van der Waals surface area contributed by atoms with Gasteiger partial charge in [-0.25, -0.2) is 9.59 Å². The van der Waals surface area contributed by atoms with Crippen LogP contribution in [-0.4, -0.2) is 30.6 Å². The summed E-state index contributed by atoms with van der Waals surface area (Å²) in [6.45, 7) is -0.384. The van der Waals surface area contributed by atoms with Gasteiger partial charge in [-0.15, -0.1) is 0 Å². The van der Waals surface area contributed by atoms with Crippen LogP contribution < -0.4 is 0 Å². The van der Waals surface area contributed by atoms with E-state index < -0.39 is 11.9 Å². The Morgan fingerprint density at radius 1 is 1.29 bits per heavy atom. The van der Waals surface area contributed by atoms with Crippen LogP contribution in [0.4, 0.5) is 0 Å². The summed E-state index contributed by atoms with van der Waals surface area (Å²) in [7, 11) is 1.24. The summed E-state index contributed by atoms with van der Waals surface area (Å²) in [5, 5.41) is 0.914. The Kier molecular flexibility index (Phi) is 3.09. The summed E-state index contributed by atoms with van der Waals surface area (Å²) < 4.78 is 9.13. The zero-order valence-electron chi connectivity index (χ0n) is 9.23. The number of hydrogen-bond acceptors (Lipinski definition) is 4. The molecule has 0 radical (unpaired) electrons. The number of nitrogens with one attached hydrogen (secondary N) is 1. The Morgan fingerprint density at radius 3 is 2.76 bits per heavy atom. The number of esters is 2. The Labute approximate surface area is 97.3 Å². The smallest absolute Gasteiger partial charge is 0.355 e. The summed E-state index contributed by atoms with van der Waals surface area (Å²) in [5.41, 5.74) is 1.16. The van der Waals surface area contributed by atoms with Gasteiger partial charge in [0, 0.05) is 10.9 Å². The molecule has 0 aliphatic carbocycles. The second-order valence-electron chi connectivity index (χ2n) is 3.42. The first-order valence-corrected chi connectivity index (χ1v) is 5.02. The predicted octanol–water partition coefficient (Wildman–Crippen LogP) is 1.50. The van der Waals surface area contributed by atoms with E-state index in [4.69, 9.17) is 4.74 Å². The third kappa shape index (κ3) is 2.44. The van der Waals surface area contributed by atoms with E-state index in [0.29, 0.717) is 5.69 Å². The van der Waals surface area contributed by atoms with Crippen molar-refractivity contribution in [3.05, 3.63) is 36.0 Å². The van der Waals surface area contributed by atoms with Crippen molar-refractivity contribution in [2.24, 2.45) is 0 Å². The maximum Gasteiger partial charge on any atom is 0.355 e. The fourth-order valence-electron chi connectivity index (χ4n) is 1.44. The summed E-state index contributed by atoms with van der Waals surface area (Å²) in [6.07, 6.45) is 0. The third-order valence-corrected chi connectivity index (χ3v) is 2.30. The number of ether oxygens (including phenoxy) is 2. The predicted molar refractivity (Wildman–Crippen MR) is 60.6 cm³/mol. The molecule has 2 rings (SSSR count). The van der Waals surface area contributed by atoms with Gasteiger partial charge in [0.05, 0.1) is 7.11 Å². The molecule has 1 aromatic carbocycles. The van der Waals surface area contributed by atoms with E-state index in [1.807, 2.05) is 24.3 Å². The van der Waals surface area contributed by atoms with Crippen LogP contribution >= 0.6 is 0 Å². The van der Waals surface area contributed by atoms with E-state index in [1.54, 1.807) is 6.07 Å². The molecule has 1 heterocycles. The second kappa shape index (κ2) is 4.69. The lowest BCUT2D eigenvalue weighted by molar-refractivity contribution is -0.144. The van der Waals surface area contributed by atoms with Crippen molar-refractivity contribution in [3.8, 4) is 0 Å². The summed E-state index contributed by atoms with van der Waals surface area (Å²) in [4.78, 5) is 25.3. The molecule has 0 amide bonds. The molecule has 2 aromatic rings. The minimum absolute atomic E-state index is 0.315. The van der Waals surface area contributed by atoms with E-state index in [2.05, 4.69) is 9.72 Å². The molecule has 1 aromatic heterocycles. The molecule has 17 heavy (non-hydrogen) atoms. The van der Waals surface area contributed by atoms with E-state index in [0.717, 1.165) is 10.9 Å². The first kappa shape index (κ1) is 11.2. The highest BCUT2D eigenvalue weighted by Gasteiger charge is 2.12. The molecule has 0 aliphatic rings. The average molecular weight is 233 g/mol. The molecule has 0 atom stereocenters. The van der Waals surface area contributed by atoms with Gasteiger partial charge >= 0.3 is 11.9 Å². The van der Waals surface area contributed by atoms with E-state index >= 15 is 0 Å². The Morgan fingerprint density at radius 2 is 2.06 bits per heavy atom. The maximum absolute atomic E-state index is 11.6. The van der Waals surface area contributed by atoms with Crippen molar-refractivity contribution >= 4 is 22.8 Å². The molecule has 0 fully saturated rings. The third-order valence-electron chi connectivity index (χ3n) is 2.30. The van der Waals surface area contributed by atoms with Crippen LogP contribution in [0.2, 0.25) is 0 Å². The molecule has 0 spiro atoms. The van der Waals surface area contributed by atoms with Crippen molar-refractivity contribution in [1.82, 2.24) is 4.98 Å². The standard InChI is InChI=1S/C12H11NO4/c1-16-11(14)7-17-12(15)10-6-8-4-2-3-5-9(8)13-10/h2-6,13H,7H2,1H3. The van der Waals surface area contributed by atoms with Gasteiger partial charge in [-0.05, 0) is 12.1 Å². The van der Waals surface area contributed by atoms with Crippen molar-refractivity contribution in [2.45, 2.75) is 0 Å². The fourth-order valence-corrected chi connectivity index (χ4v) is 1.44. The number of aromatic amines is 1. The largest absolute Gasteiger partial charge is 0.466 e. The molecule has 5 nitrogen and oxygen atoms in total. The zero-order valence-corrected chi connectivity index (χ0v) is 9.23. The minimum atomic E-state index is -0.588. The van der Waals surface area contributed by atoms with Crippen molar-refractivity contribution in [3.63, 3.8) is 0 Å². The lowest BCUT2D eigenvalue weighted by Crippen LogP contribution is -2.15. The Balaban J connectivity index is 2.11. The summed E-state index contributed by atoms with van der Waals surface area (Å²) >= 11 is 0. The number of benzene rings is 1. The number of carbonyl (C=O) groups is 2. The molecule has 1 N–H and O–H groups in total. The summed E-state index contributed by atoms with van der Waals surface area (Å²) in [5.74, 6) is -1.17. The zero-order chi connectivity index (χ0) is 12.3. The topological polar surface area (TPSA) is 68.4 Å². The van der Waals surface area contributed by atoms with Gasteiger partial charge in [-0.3, -0.25) is 0 Å². The Hall–Kier alpha value is -2.30. The molecule has 0 aliphatic heterocycles. The number of hydrogen-bond donors (Lipinski definition) is 1. The second-order valence-corrected chi connectivity index (χ2v) is 3.42. The average Bonchev–Trinajstić information content (AvgIpc) is 2.79. The SMILES string of the molecule is COC(=O)COC(=O)c1cc2ccccc2[nH]1.